The summed E-state index contributed by atoms with van der Waals surface area (Å²) in [6, 6.07) is 6.25. The summed E-state index contributed by atoms with van der Waals surface area (Å²) in [7, 11) is 1.87. The standard InChI is InChI=1S/C21H23FN6O/c1-13-19-20(27(3)14(2)21(29)26-19)25-18(24-13)8-7-16-10-23-28(12-16)11-15-5-4-6-17(22)9-15/h4-6,9-10,12,14H,7-8,11H2,1-3H3,(H,26,29)/t14-/m0/s1. The topological polar surface area (TPSA) is 75.9 Å². The van der Waals surface area contributed by atoms with Crippen molar-refractivity contribution in [3.8, 4) is 0 Å². The normalized spacial score (nSPS) is 15.9. The van der Waals surface area contributed by atoms with Crippen molar-refractivity contribution in [1.82, 2.24) is 19.7 Å². The first-order valence-electron chi connectivity index (χ1n) is 9.57. The van der Waals surface area contributed by atoms with E-state index in [1.54, 1.807) is 10.7 Å². The summed E-state index contributed by atoms with van der Waals surface area (Å²) >= 11 is 0. The number of hydrogen-bond acceptors (Lipinski definition) is 5. The van der Waals surface area contributed by atoms with Gasteiger partial charge in [-0.2, -0.15) is 5.10 Å². The third-order valence-electron chi connectivity index (χ3n) is 5.22. The molecular formula is C21H23FN6O. The molecule has 7 nitrogen and oxygen atoms in total. The minimum atomic E-state index is -0.272. The molecule has 8 heteroatoms. The first-order valence-corrected chi connectivity index (χ1v) is 9.57. The first kappa shape index (κ1) is 19.0. The van der Waals surface area contributed by atoms with E-state index in [9.17, 15) is 9.18 Å². The van der Waals surface area contributed by atoms with Gasteiger partial charge in [-0.1, -0.05) is 12.1 Å². The van der Waals surface area contributed by atoms with Crippen molar-refractivity contribution < 1.29 is 9.18 Å². The number of nitrogens with zero attached hydrogens (tertiary/aromatic N) is 5. The summed E-state index contributed by atoms with van der Waals surface area (Å²) in [6.07, 6.45) is 5.19. The third kappa shape index (κ3) is 3.96. The first-order chi connectivity index (χ1) is 13.9. The van der Waals surface area contributed by atoms with Gasteiger partial charge in [0.25, 0.3) is 0 Å². The third-order valence-corrected chi connectivity index (χ3v) is 5.22. The molecule has 0 fully saturated rings. The lowest BCUT2D eigenvalue weighted by Crippen LogP contribution is -2.45. The van der Waals surface area contributed by atoms with E-state index in [1.807, 2.05) is 44.3 Å². The highest BCUT2D eigenvalue weighted by atomic mass is 19.1. The molecule has 1 amide bonds. The lowest BCUT2D eigenvalue weighted by atomic mass is 10.1. The number of carbonyl (C=O) groups excluding carboxylic acids is 1. The van der Waals surface area contributed by atoms with Crippen molar-refractivity contribution in [1.29, 1.82) is 0 Å². The predicted octanol–water partition coefficient (Wildman–Crippen LogP) is 2.73. The number of aromatic nitrogens is 4. The Hall–Kier alpha value is -3.29. The van der Waals surface area contributed by atoms with Crippen LogP contribution < -0.4 is 10.2 Å². The van der Waals surface area contributed by atoms with E-state index in [-0.39, 0.29) is 17.8 Å². The minimum Gasteiger partial charge on any atom is -0.346 e. The number of nitrogens with one attached hydrogen (secondary N) is 1. The number of fused-ring (bicyclic) bond motifs is 1. The lowest BCUT2D eigenvalue weighted by molar-refractivity contribution is -0.117. The van der Waals surface area contributed by atoms with E-state index in [2.05, 4.69) is 20.4 Å². The molecule has 1 aliphatic heterocycles. The van der Waals surface area contributed by atoms with Crippen molar-refractivity contribution in [2.75, 3.05) is 17.3 Å². The second-order valence-electron chi connectivity index (χ2n) is 7.38. The van der Waals surface area contributed by atoms with Gasteiger partial charge in [-0.05, 0) is 43.5 Å². The Morgan fingerprint density at radius 3 is 2.83 bits per heavy atom. The predicted molar refractivity (Wildman–Crippen MR) is 108 cm³/mol. The summed E-state index contributed by atoms with van der Waals surface area (Å²) in [5.74, 6) is 1.19. The van der Waals surface area contributed by atoms with Crippen LogP contribution in [0.2, 0.25) is 0 Å². The summed E-state index contributed by atoms with van der Waals surface area (Å²) in [6.45, 7) is 4.25. The maximum absolute atomic E-state index is 13.3. The molecule has 0 spiro atoms. The van der Waals surface area contributed by atoms with E-state index in [0.717, 1.165) is 34.9 Å². The number of hydrogen-bond donors (Lipinski definition) is 1. The monoisotopic (exact) mass is 394 g/mol. The molecule has 0 aliphatic carbocycles. The van der Waals surface area contributed by atoms with Crippen LogP contribution in [0.3, 0.4) is 0 Å². The smallest absolute Gasteiger partial charge is 0.246 e. The summed E-state index contributed by atoms with van der Waals surface area (Å²) < 4.78 is 15.1. The Morgan fingerprint density at radius 1 is 1.21 bits per heavy atom. The summed E-state index contributed by atoms with van der Waals surface area (Å²) in [4.78, 5) is 23.1. The quantitative estimate of drug-likeness (QED) is 0.720. The zero-order valence-corrected chi connectivity index (χ0v) is 16.7. The maximum atomic E-state index is 13.3. The van der Waals surface area contributed by atoms with Crippen molar-refractivity contribution in [3.63, 3.8) is 0 Å². The number of rotatable bonds is 5. The molecule has 1 aliphatic rings. The fourth-order valence-electron chi connectivity index (χ4n) is 3.42. The molecule has 150 valence electrons. The minimum absolute atomic E-state index is 0.0508. The molecule has 3 heterocycles. The molecule has 1 aromatic carbocycles. The van der Waals surface area contributed by atoms with Crippen LogP contribution >= 0.6 is 0 Å². The van der Waals surface area contributed by atoms with Crippen LogP contribution in [0.1, 0.15) is 29.6 Å². The van der Waals surface area contributed by atoms with Crippen LogP contribution in [-0.4, -0.2) is 38.7 Å². The molecule has 0 unspecified atom stereocenters. The molecule has 1 atom stereocenters. The summed E-state index contributed by atoms with van der Waals surface area (Å²) in [5, 5.41) is 7.26. The molecule has 1 N–H and O–H groups in total. The number of halogens is 1. The van der Waals surface area contributed by atoms with Gasteiger partial charge in [0.2, 0.25) is 5.91 Å². The second-order valence-corrected chi connectivity index (χ2v) is 7.38. The number of likely N-dealkylation sites (N-methyl/N-ethyl adjacent to an activating group) is 1. The van der Waals surface area contributed by atoms with Crippen LogP contribution in [-0.2, 0) is 24.2 Å². The van der Waals surface area contributed by atoms with Crippen LogP contribution in [0.15, 0.2) is 36.7 Å². The van der Waals surface area contributed by atoms with E-state index in [4.69, 9.17) is 0 Å². The zero-order valence-electron chi connectivity index (χ0n) is 16.7. The van der Waals surface area contributed by atoms with Gasteiger partial charge < -0.3 is 10.2 Å². The molecule has 0 radical (unpaired) electrons. The average molecular weight is 394 g/mol. The molecule has 3 aromatic rings. The molecule has 29 heavy (non-hydrogen) atoms. The van der Waals surface area contributed by atoms with Gasteiger partial charge in [0.1, 0.15) is 23.4 Å². The fourth-order valence-corrected chi connectivity index (χ4v) is 3.42. The van der Waals surface area contributed by atoms with Crippen molar-refractivity contribution in [2.24, 2.45) is 0 Å². The van der Waals surface area contributed by atoms with Gasteiger partial charge in [-0.3, -0.25) is 9.48 Å². The van der Waals surface area contributed by atoms with Crippen LogP contribution in [0.25, 0.3) is 0 Å². The number of carbonyl (C=O) groups is 1. The van der Waals surface area contributed by atoms with Crippen LogP contribution in [0.4, 0.5) is 15.9 Å². The van der Waals surface area contributed by atoms with Crippen LogP contribution in [0.5, 0.6) is 0 Å². The molecular weight excluding hydrogens is 371 g/mol. The van der Waals surface area contributed by atoms with E-state index >= 15 is 0 Å². The molecule has 4 rings (SSSR count). The Bertz CT molecular complexity index is 1060. The number of benzene rings is 1. The summed E-state index contributed by atoms with van der Waals surface area (Å²) in [5.41, 5.74) is 3.38. The Kier molecular flexibility index (Phi) is 5.00. The van der Waals surface area contributed by atoms with Crippen molar-refractivity contribution in [3.05, 3.63) is 65.1 Å². The molecule has 0 saturated heterocycles. The van der Waals surface area contributed by atoms with E-state index in [1.165, 1.54) is 12.1 Å². The lowest BCUT2D eigenvalue weighted by Gasteiger charge is -2.32. The Labute approximate surface area is 168 Å². The highest BCUT2D eigenvalue weighted by Crippen LogP contribution is 2.31. The van der Waals surface area contributed by atoms with E-state index < -0.39 is 0 Å². The van der Waals surface area contributed by atoms with Crippen LogP contribution in [0, 0.1) is 12.7 Å². The fraction of sp³-hybridized carbons (Fsp3) is 0.333. The van der Waals surface area contributed by atoms with Crippen molar-refractivity contribution in [2.45, 2.75) is 39.3 Å². The molecule has 2 aromatic heterocycles. The van der Waals surface area contributed by atoms with Crippen molar-refractivity contribution >= 4 is 17.4 Å². The second kappa shape index (κ2) is 7.62. The number of anilines is 2. The van der Waals surface area contributed by atoms with Gasteiger partial charge in [0.05, 0.1) is 18.4 Å². The van der Waals surface area contributed by atoms with Gasteiger partial charge in [-0.25, -0.2) is 14.4 Å². The maximum Gasteiger partial charge on any atom is 0.246 e. The number of aryl methyl sites for hydroxylation is 3. The Morgan fingerprint density at radius 2 is 2.03 bits per heavy atom. The Balaban J connectivity index is 1.45. The van der Waals surface area contributed by atoms with Gasteiger partial charge in [0.15, 0.2) is 5.82 Å². The largest absolute Gasteiger partial charge is 0.346 e. The van der Waals surface area contributed by atoms with Gasteiger partial charge >= 0.3 is 0 Å². The highest BCUT2D eigenvalue weighted by Gasteiger charge is 2.30. The highest BCUT2D eigenvalue weighted by molar-refractivity contribution is 6.02. The SMILES string of the molecule is Cc1nc(CCc2cnn(Cc3cccc(F)c3)c2)nc2c1NC(=O)[C@H](C)N2C. The zero-order chi connectivity index (χ0) is 20.5. The van der Waals surface area contributed by atoms with Gasteiger partial charge in [-0.15, -0.1) is 0 Å². The van der Waals surface area contributed by atoms with Gasteiger partial charge in [0, 0.05) is 19.7 Å². The molecule has 0 bridgehead atoms. The van der Waals surface area contributed by atoms with E-state index in [0.29, 0.717) is 18.7 Å². The average Bonchev–Trinajstić information content (AvgIpc) is 3.13. The number of amides is 1. The molecule has 0 saturated carbocycles.